The van der Waals surface area contributed by atoms with Gasteiger partial charge in [-0.25, -0.2) is 4.90 Å². The molecule has 34 heavy (non-hydrogen) atoms. The highest BCUT2D eigenvalue weighted by molar-refractivity contribution is 6.22. The average molecular weight is 456 g/mol. The van der Waals surface area contributed by atoms with Crippen LogP contribution in [0.4, 0.5) is 5.69 Å². The Morgan fingerprint density at radius 3 is 2.32 bits per heavy atom. The van der Waals surface area contributed by atoms with Crippen molar-refractivity contribution in [2.45, 2.75) is 19.4 Å². The van der Waals surface area contributed by atoms with Gasteiger partial charge in [-0.2, -0.15) is 0 Å². The lowest BCUT2D eigenvalue weighted by Crippen LogP contribution is -2.32. The van der Waals surface area contributed by atoms with Gasteiger partial charge in [-0.15, -0.1) is 0 Å². The van der Waals surface area contributed by atoms with E-state index in [2.05, 4.69) is 12.2 Å². The van der Waals surface area contributed by atoms with Gasteiger partial charge in [0, 0.05) is 25.6 Å². The lowest BCUT2D eigenvalue weighted by molar-refractivity contribution is -0.139. The highest BCUT2D eigenvalue weighted by Crippen LogP contribution is 2.53. The van der Waals surface area contributed by atoms with Gasteiger partial charge in [-0.3, -0.25) is 19.2 Å². The molecule has 3 amide bonds. The van der Waals surface area contributed by atoms with E-state index < -0.39 is 11.9 Å². The third-order valence-electron chi connectivity index (χ3n) is 7.53. The summed E-state index contributed by atoms with van der Waals surface area (Å²) in [6.45, 7) is 0.756. The average Bonchev–Trinajstić information content (AvgIpc) is 3.59. The van der Waals surface area contributed by atoms with Crippen LogP contribution in [0, 0.1) is 29.6 Å². The number of rotatable bonds is 5. The molecule has 2 bridgehead atoms. The number of amides is 3. The van der Waals surface area contributed by atoms with Crippen LogP contribution < -0.4 is 9.64 Å². The first-order valence-electron chi connectivity index (χ1n) is 11.7. The number of likely N-dealkylation sites (tertiary alicyclic amines) is 1. The van der Waals surface area contributed by atoms with Gasteiger partial charge >= 0.3 is 5.97 Å². The molecular weight excluding hydrogens is 432 g/mol. The fourth-order valence-corrected chi connectivity index (χ4v) is 5.93. The van der Waals surface area contributed by atoms with Crippen LogP contribution in [-0.4, -0.2) is 35.1 Å². The van der Waals surface area contributed by atoms with Gasteiger partial charge in [-0.05, 0) is 36.0 Å². The normalized spacial score (nSPS) is 29.3. The number of carbonyl (C=O) groups excluding carboxylic acids is 4. The van der Waals surface area contributed by atoms with Crippen LogP contribution in [-0.2, 0) is 25.7 Å². The summed E-state index contributed by atoms with van der Waals surface area (Å²) < 4.78 is 5.59. The third kappa shape index (κ3) is 3.34. The molecule has 172 valence electrons. The van der Waals surface area contributed by atoms with Crippen molar-refractivity contribution in [3.05, 3.63) is 72.3 Å². The zero-order valence-electron chi connectivity index (χ0n) is 18.5. The number of imide groups is 1. The minimum absolute atomic E-state index is 0.0809. The molecule has 7 nitrogen and oxygen atoms in total. The Labute approximate surface area is 197 Å². The second kappa shape index (κ2) is 7.94. The Morgan fingerprint density at radius 2 is 1.62 bits per heavy atom. The van der Waals surface area contributed by atoms with E-state index >= 15 is 0 Å². The number of carbonyl (C=O) groups is 4. The molecule has 2 aliphatic carbocycles. The first-order chi connectivity index (χ1) is 16.5. The van der Waals surface area contributed by atoms with Gasteiger partial charge in [0.25, 0.3) is 0 Å². The Bertz CT molecular complexity index is 1190. The zero-order chi connectivity index (χ0) is 23.4. The fraction of sp³-hybridized carbons (Fsp3) is 0.333. The molecule has 0 unspecified atom stereocenters. The minimum Gasteiger partial charge on any atom is -0.426 e. The van der Waals surface area contributed by atoms with Crippen LogP contribution >= 0.6 is 0 Å². The maximum atomic E-state index is 13.1. The maximum Gasteiger partial charge on any atom is 0.316 e. The number of ether oxygens (including phenoxy) is 1. The van der Waals surface area contributed by atoms with Gasteiger partial charge in [0.1, 0.15) is 5.75 Å². The van der Waals surface area contributed by atoms with Crippen molar-refractivity contribution in [3.8, 4) is 5.75 Å². The van der Waals surface area contributed by atoms with Crippen molar-refractivity contribution < 1.29 is 23.9 Å². The van der Waals surface area contributed by atoms with Crippen molar-refractivity contribution in [2.75, 3.05) is 11.4 Å². The summed E-state index contributed by atoms with van der Waals surface area (Å²) in [4.78, 5) is 54.3. The second-order valence-corrected chi connectivity index (χ2v) is 9.59. The molecule has 5 atom stereocenters. The monoisotopic (exact) mass is 456 g/mol. The van der Waals surface area contributed by atoms with Gasteiger partial charge in [0.05, 0.1) is 23.4 Å². The Hall–Kier alpha value is -3.74. The Morgan fingerprint density at radius 1 is 0.912 bits per heavy atom. The standard InChI is InChI=1S/C27H24N2O5/c30-22-12-19(15-28(22)14-16-5-2-1-3-6-16)27(33)34-21-8-4-7-20(13-21)29-25(31)23-17-9-10-18(11-17)24(23)26(29)32/h1-10,13,17-19,23-24H,11-12,14-15H2/t17-,18-,19-,23+,24+/m0/s1. The summed E-state index contributed by atoms with van der Waals surface area (Å²) in [5, 5.41) is 0. The van der Waals surface area contributed by atoms with Crippen LogP contribution in [0.1, 0.15) is 18.4 Å². The number of esters is 1. The molecule has 0 aromatic heterocycles. The number of anilines is 1. The van der Waals surface area contributed by atoms with Crippen LogP contribution in [0.5, 0.6) is 5.75 Å². The molecule has 0 spiro atoms. The second-order valence-electron chi connectivity index (χ2n) is 9.59. The first kappa shape index (κ1) is 20.8. The summed E-state index contributed by atoms with van der Waals surface area (Å²) >= 11 is 0. The SMILES string of the molecule is O=C(Oc1cccc(N2C(=O)[C@H]3[C@H](C2=O)[C@H]2C=C[C@H]3C2)c1)[C@H]1CC(=O)N(Cc2ccccc2)C1. The number of hydrogen-bond acceptors (Lipinski definition) is 5. The molecule has 3 fully saturated rings. The number of nitrogens with zero attached hydrogens (tertiary/aromatic N) is 2. The molecular formula is C27H24N2O5. The molecule has 2 saturated heterocycles. The van der Waals surface area contributed by atoms with Crippen molar-refractivity contribution in [1.82, 2.24) is 4.90 Å². The van der Waals surface area contributed by atoms with E-state index in [0.29, 0.717) is 18.8 Å². The largest absolute Gasteiger partial charge is 0.426 e. The van der Waals surface area contributed by atoms with E-state index in [1.807, 2.05) is 30.3 Å². The molecule has 7 heteroatoms. The molecule has 4 aliphatic rings. The number of hydrogen-bond donors (Lipinski definition) is 0. The van der Waals surface area contributed by atoms with E-state index in [1.165, 1.54) is 4.90 Å². The molecule has 2 aromatic carbocycles. The molecule has 2 aliphatic heterocycles. The van der Waals surface area contributed by atoms with E-state index in [9.17, 15) is 19.2 Å². The van der Waals surface area contributed by atoms with E-state index in [4.69, 9.17) is 4.74 Å². The van der Waals surface area contributed by atoms with Crippen LogP contribution in [0.3, 0.4) is 0 Å². The molecule has 0 radical (unpaired) electrons. The van der Waals surface area contributed by atoms with Crippen LogP contribution in [0.15, 0.2) is 66.7 Å². The summed E-state index contributed by atoms with van der Waals surface area (Å²) in [5.41, 5.74) is 1.42. The molecule has 6 rings (SSSR count). The maximum absolute atomic E-state index is 13.1. The molecule has 0 N–H and O–H groups in total. The quantitative estimate of drug-likeness (QED) is 0.299. The lowest BCUT2D eigenvalue weighted by Gasteiger charge is -2.18. The third-order valence-corrected chi connectivity index (χ3v) is 7.53. The molecule has 2 heterocycles. The van der Waals surface area contributed by atoms with Gasteiger partial charge in [0.2, 0.25) is 17.7 Å². The minimum atomic E-state index is -0.559. The predicted octanol–water partition coefficient (Wildman–Crippen LogP) is 2.95. The van der Waals surface area contributed by atoms with E-state index in [-0.39, 0.29) is 53.6 Å². The number of allylic oxidation sites excluding steroid dienone is 2. The lowest BCUT2D eigenvalue weighted by atomic mass is 9.85. The summed E-state index contributed by atoms with van der Waals surface area (Å²) in [7, 11) is 0. The topological polar surface area (TPSA) is 84.0 Å². The highest BCUT2D eigenvalue weighted by Gasteiger charge is 2.59. The van der Waals surface area contributed by atoms with Crippen molar-refractivity contribution in [3.63, 3.8) is 0 Å². The number of benzene rings is 2. The Kier molecular flexibility index (Phi) is 4.86. The zero-order valence-corrected chi connectivity index (χ0v) is 18.5. The van der Waals surface area contributed by atoms with Crippen molar-refractivity contribution in [2.24, 2.45) is 29.6 Å². The Balaban J connectivity index is 1.14. The summed E-state index contributed by atoms with van der Waals surface area (Å²) in [5.74, 6) is -1.51. The van der Waals surface area contributed by atoms with Crippen LogP contribution in [0.25, 0.3) is 0 Å². The smallest absolute Gasteiger partial charge is 0.316 e. The first-order valence-corrected chi connectivity index (χ1v) is 11.7. The summed E-state index contributed by atoms with van der Waals surface area (Å²) in [6.07, 6.45) is 5.10. The van der Waals surface area contributed by atoms with Gasteiger partial charge < -0.3 is 9.64 Å². The van der Waals surface area contributed by atoms with E-state index in [0.717, 1.165) is 12.0 Å². The summed E-state index contributed by atoms with van der Waals surface area (Å²) in [6, 6.07) is 16.2. The molecule has 1 saturated carbocycles. The van der Waals surface area contributed by atoms with E-state index in [1.54, 1.807) is 29.2 Å². The van der Waals surface area contributed by atoms with Crippen LogP contribution in [0.2, 0.25) is 0 Å². The van der Waals surface area contributed by atoms with Gasteiger partial charge in [-0.1, -0.05) is 48.6 Å². The van der Waals surface area contributed by atoms with Crippen molar-refractivity contribution >= 4 is 29.4 Å². The highest BCUT2D eigenvalue weighted by atomic mass is 16.5. The number of fused-ring (bicyclic) bond motifs is 5. The predicted molar refractivity (Wildman–Crippen MR) is 122 cm³/mol. The fourth-order valence-electron chi connectivity index (χ4n) is 5.93. The van der Waals surface area contributed by atoms with Gasteiger partial charge in [0.15, 0.2) is 0 Å². The van der Waals surface area contributed by atoms with Crippen molar-refractivity contribution in [1.29, 1.82) is 0 Å². The molecule has 2 aromatic rings.